The molecule has 0 rings (SSSR count). The van der Waals surface area contributed by atoms with Crippen molar-refractivity contribution in [3.63, 3.8) is 0 Å². The summed E-state index contributed by atoms with van der Waals surface area (Å²) in [6, 6.07) is 0. The molecule has 4 heteroatoms. The minimum absolute atomic E-state index is 0.281. The summed E-state index contributed by atoms with van der Waals surface area (Å²) < 4.78 is 19.5. The number of carbonyl (C=O) groups excluding carboxylic acids is 1. The Morgan fingerprint density at radius 1 is 1.60 bits per heavy atom. The Kier molecular flexibility index (Phi) is 4.74. The van der Waals surface area contributed by atoms with Gasteiger partial charge in [-0.05, 0) is 6.85 Å². The fraction of sp³-hybridized carbons (Fsp3) is 0.667. The summed E-state index contributed by atoms with van der Waals surface area (Å²) in [5, 5.41) is 15.5. The van der Waals surface area contributed by atoms with Gasteiger partial charge >= 0.3 is 0 Å². The molecule has 2 N–H and O–H groups in total. The van der Waals surface area contributed by atoms with Crippen LogP contribution >= 0.6 is 0 Å². The monoisotopic (exact) mass is 151 g/mol. The van der Waals surface area contributed by atoms with Gasteiger partial charge in [-0.25, -0.2) is 0 Å². The van der Waals surface area contributed by atoms with Crippen LogP contribution in [-0.2, 0) is 9.59 Å². The molecule has 0 spiro atoms. The number of hydrogen-bond acceptors (Lipinski definition) is 3. The lowest BCUT2D eigenvalue weighted by atomic mass is 10.3. The van der Waals surface area contributed by atoms with Gasteiger partial charge in [0.15, 0.2) is 0 Å². The van der Waals surface area contributed by atoms with Gasteiger partial charge < -0.3 is 10.2 Å². The molecule has 0 saturated carbocycles. The summed E-state index contributed by atoms with van der Waals surface area (Å²) in [5.41, 5.74) is 0. The lowest BCUT2D eigenvalue weighted by Crippen LogP contribution is -1.92. The zero-order chi connectivity index (χ0) is 11.1. The first-order valence-electron chi connectivity index (χ1n) is 4.05. The minimum Gasteiger partial charge on any atom is -0.481 e. The van der Waals surface area contributed by atoms with Crippen molar-refractivity contribution < 1.29 is 23.9 Å². The second kappa shape index (κ2) is 8.10. The zero-order valence-electron chi connectivity index (χ0n) is 8.63. The minimum atomic E-state index is -2.54. The maximum atomic E-state index is 10.3. The number of aliphatic carboxylic acids is 1. The van der Waals surface area contributed by atoms with Gasteiger partial charge in [-0.2, -0.15) is 0 Å². The summed E-state index contributed by atoms with van der Waals surface area (Å²) in [6.45, 7) is -1.85. The van der Waals surface area contributed by atoms with Crippen LogP contribution < -0.4 is 0 Å². The van der Waals surface area contributed by atoms with Gasteiger partial charge in [0.05, 0.1) is 0 Å². The summed E-state index contributed by atoms with van der Waals surface area (Å²) in [7, 11) is 0. The molecule has 0 aliphatic rings. The molecule has 0 amide bonds. The van der Waals surface area contributed by atoms with Crippen molar-refractivity contribution in [3.05, 3.63) is 0 Å². The van der Waals surface area contributed by atoms with Crippen LogP contribution in [0.25, 0.3) is 0 Å². The van der Waals surface area contributed by atoms with Crippen LogP contribution in [-0.4, -0.2) is 28.6 Å². The predicted octanol–water partition coefficient (Wildman–Crippen LogP) is 0.0487. The maximum Gasteiger partial charge on any atom is 0.300 e. The molecule has 10 heavy (non-hydrogen) atoms. The van der Waals surface area contributed by atoms with E-state index < -0.39 is 25.2 Å². The highest BCUT2D eigenvalue weighted by Crippen LogP contribution is 1.74. The number of aliphatic hydroxyl groups is 1. The van der Waals surface area contributed by atoms with Crippen molar-refractivity contribution in [1.82, 2.24) is 0 Å². The van der Waals surface area contributed by atoms with Gasteiger partial charge in [-0.3, -0.25) is 9.59 Å². The average Bonchev–Trinajstić information content (AvgIpc) is 1.84. The molecular weight excluding hydrogens is 136 g/mol. The first-order chi connectivity index (χ1) is 5.71. The SMILES string of the molecule is CC(=O)O.[2H]C([2H])([2H])C(=O)CCO. The Balaban J connectivity index is 0. The number of Topliss-reactive ketones (excluding diaryl/α,β-unsaturated/α-hetero) is 1. The van der Waals surface area contributed by atoms with Crippen LogP contribution in [0, 0.1) is 0 Å². The smallest absolute Gasteiger partial charge is 0.300 e. The molecule has 0 atom stereocenters. The van der Waals surface area contributed by atoms with Crippen molar-refractivity contribution in [2.24, 2.45) is 0 Å². The van der Waals surface area contributed by atoms with Gasteiger partial charge in [0.2, 0.25) is 0 Å². The van der Waals surface area contributed by atoms with Crippen LogP contribution in [0.2, 0.25) is 0 Å². The van der Waals surface area contributed by atoms with E-state index in [0.29, 0.717) is 0 Å². The number of carboxylic acids is 1. The van der Waals surface area contributed by atoms with E-state index in [0.717, 1.165) is 6.92 Å². The highest BCUT2D eigenvalue weighted by atomic mass is 16.4. The van der Waals surface area contributed by atoms with E-state index >= 15 is 0 Å². The Hall–Kier alpha value is -0.900. The summed E-state index contributed by atoms with van der Waals surface area (Å²) >= 11 is 0. The van der Waals surface area contributed by atoms with E-state index in [1.165, 1.54) is 0 Å². The third-order valence-corrected chi connectivity index (χ3v) is 0.339. The molecule has 0 radical (unpaired) electrons. The number of carboxylic acid groups (broad SMARTS) is 1. The zero-order valence-corrected chi connectivity index (χ0v) is 5.63. The van der Waals surface area contributed by atoms with Crippen LogP contribution in [0.4, 0.5) is 0 Å². The summed E-state index contributed by atoms with van der Waals surface area (Å²) in [5.74, 6) is -1.72. The van der Waals surface area contributed by atoms with E-state index in [1.54, 1.807) is 0 Å². The van der Waals surface area contributed by atoms with Crippen molar-refractivity contribution in [2.75, 3.05) is 6.61 Å². The number of hydrogen-bond donors (Lipinski definition) is 2. The maximum absolute atomic E-state index is 10.3. The predicted molar refractivity (Wildman–Crippen MR) is 35.7 cm³/mol. The van der Waals surface area contributed by atoms with Crippen molar-refractivity contribution in [1.29, 1.82) is 0 Å². The quantitative estimate of drug-likeness (QED) is 0.584. The third-order valence-electron chi connectivity index (χ3n) is 0.339. The molecule has 0 heterocycles. The molecule has 0 aromatic rings. The summed E-state index contributed by atoms with van der Waals surface area (Å²) in [4.78, 5) is 19.3. The Bertz CT molecular complexity index is 171. The topological polar surface area (TPSA) is 74.6 Å². The standard InChI is InChI=1S/C4H8O2.C2H4O2/c1-4(6)2-3-5;1-2(3)4/h5H,2-3H2,1H3;1H3,(H,3,4)/i1D3;. The van der Waals surface area contributed by atoms with Crippen LogP contribution in [0.5, 0.6) is 0 Å². The molecule has 0 aromatic carbocycles. The molecular formula is C6H12O4. The van der Waals surface area contributed by atoms with E-state index in [9.17, 15) is 4.79 Å². The molecule has 0 saturated heterocycles. The molecule has 0 bridgehead atoms. The van der Waals surface area contributed by atoms with E-state index in [2.05, 4.69) is 0 Å². The second-order valence-electron chi connectivity index (χ2n) is 1.42. The largest absolute Gasteiger partial charge is 0.481 e. The van der Waals surface area contributed by atoms with Crippen molar-refractivity contribution >= 4 is 11.8 Å². The Labute approximate surface area is 63.7 Å². The molecule has 4 nitrogen and oxygen atoms in total. The number of carbonyl (C=O) groups is 2. The van der Waals surface area contributed by atoms with E-state index in [1.807, 2.05) is 0 Å². The van der Waals surface area contributed by atoms with Gasteiger partial charge in [0.25, 0.3) is 5.97 Å². The van der Waals surface area contributed by atoms with E-state index in [-0.39, 0.29) is 6.42 Å². The lowest BCUT2D eigenvalue weighted by Gasteiger charge is -1.80. The second-order valence-corrected chi connectivity index (χ2v) is 1.42. The van der Waals surface area contributed by atoms with Crippen molar-refractivity contribution in [2.45, 2.75) is 20.2 Å². The van der Waals surface area contributed by atoms with E-state index in [4.69, 9.17) is 19.1 Å². The highest BCUT2D eigenvalue weighted by Gasteiger charge is 1.84. The van der Waals surface area contributed by atoms with Crippen LogP contribution in [0.15, 0.2) is 0 Å². The molecule has 0 aliphatic heterocycles. The van der Waals surface area contributed by atoms with Gasteiger partial charge in [-0.1, -0.05) is 0 Å². The van der Waals surface area contributed by atoms with Crippen molar-refractivity contribution in [3.8, 4) is 0 Å². The number of aliphatic hydroxyl groups excluding tert-OH is 1. The van der Waals surface area contributed by atoms with Crippen LogP contribution in [0.1, 0.15) is 24.3 Å². The molecule has 0 aromatic heterocycles. The first-order valence-corrected chi connectivity index (χ1v) is 2.55. The fourth-order valence-corrected chi connectivity index (χ4v) is 0.102. The molecule has 0 fully saturated rings. The number of rotatable bonds is 2. The van der Waals surface area contributed by atoms with Gasteiger partial charge in [-0.15, -0.1) is 0 Å². The average molecular weight is 151 g/mol. The molecule has 0 unspecified atom stereocenters. The van der Waals surface area contributed by atoms with Crippen LogP contribution in [0.3, 0.4) is 0 Å². The Morgan fingerprint density at radius 3 is 2.10 bits per heavy atom. The first kappa shape index (κ1) is 5.85. The fourth-order valence-electron chi connectivity index (χ4n) is 0.102. The highest BCUT2D eigenvalue weighted by molar-refractivity contribution is 5.75. The van der Waals surface area contributed by atoms with Gasteiger partial charge in [0, 0.05) is 24.1 Å². The lowest BCUT2D eigenvalue weighted by molar-refractivity contribution is -0.134. The Morgan fingerprint density at radius 2 is 2.00 bits per heavy atom. The number of ketones is 1. The summed E-state index contributed by atoms with van der Waals surface area (Å²) in [6.07, 6.45) is -0.281. The molecule has 0 aliphatic carbocycles. The third kappa shape index (κ3) is 59.9. The molecule has 60 valence electrons. The normalized spacial score (nSPS) is 13.2. The van der Waals surface area contributed by atoms with Gasteiger partial charge in [0.1, 0.15) is 5.78 Å².